The van der Waals surface area contributed by atoms with E-state index in [1.54, 1.807) is 0 Å². The van der Waals surface area contributed by atoms with Crippen molar-refractivity contribution in [3.8, 4) is 5.75 Å². The summed E-state index contributed by atoms with van der Waals surface area (Å²) >= 11 is 0. The molecule has 0 aliphatic carbocycles. The molecule has 0 amide bonds. The Balaban J connectivity index is 1.38. The van der Waals surface area contributed by atoms with Gasteiger partial charge in [0.1, 0.15) is 23.9 Å². The fourth-order valence-corrected chi connectivity index (χ4v) is 2.49. The van der Waals surface area contributed by atoms with Crippen molar-refractivity contribution in [2.75, 3.05) is 13.2 Å². The van der Waals surface area contributed by atoms with Gasteiger partial charge in [0.05, 0.1) is 6.54 Å². The predicted octanol–water partition coefficient (Wildman–Crippen LogP) is 1.95. The number of nitrogens with two attached hydrogens (primary N) is 1. The highest BCUT2D eigenvalue weighted by Crippen LogP contribution is 2.15. The zero-order chi connectivity index (χ0) is 18.4. The molecule has 0 saturated carbocycles. The lowest BCUT2D eigenvalue weighted by Gasteiger charge is -2.09. The maximum Gasteiger partial charge on any atom is 0.320 e. The van der Waals surface area contributed by atoms with Crippen LogP contribution < -0.4 is 15.8 Å². The standard InChI is InChI=1S/C19H21N3O4/c20-15(19(23)24)11-13-5-7-14(8-6-13)25-10-9-21-12-18-22-16-3-1-2-4-17(16)26-18/h1-8,15,21H,9-12,20H2,(H,23,24)/t15-/m0/s1. The molecule has 0 aliphatic heterocycles. The lowest BCUT2D eigenvalue weighted by molar-refractivity contribution is -0.138. The summed E-state index contributed by atoms with van der Waals surface area (Å²) in [5, 5.41) is 12.0. The molecule has 2 aromatic carbocycles. The van der Waals surface area contributed by atoms with Gasteiger partial charge in [-0.15, -0.1) is 0 Å². The Hall–Kier alpha value is -2.90. The lowest BCUT2D eigenvalue weighted by atomic mass is 10.1. The van der Waals surface area contributed by atoms with Gasteiger partial charge >= 0.3 is 5.97 Å². The average molecular weight is 355 g/mol. The Morgan fingerprint density at radius 3 is 2.73 bits per heavy atom. The van der Waals surface area contributed by atoms with Gasteiger partial charge in [-0.3, -0.25) is 4.79 Å². The molecule has 3 aromatic rings. The third-order valence-corrected chi connectivity index (χ3v) is 3.86. The number of oxazole rings is 1. The van der Waals surface area contributed by atoms with Crippen LogP contribution in [0.25, 0.3) is 11.1 Å². The number of fused-ring (bicyclic) bond motifs is 1. The number of ether oxygens (including phenoxy) is 1. The Bertz CT molecular complexity index is 828. The summed E-state index contributed by atoms with van der Waals surface area (Å²) in [6.45, 7) is 1.67. The summed E-state index contributed by atoms with van der Waals surface area (Å²) in [4.78, 5) is 15.2. The fourth-order valence-electron chi connectivity index (χ4n) is 2.49. The molecule has 7 nitrogen and oxygen atoms in total. The minimum absolute atomic E-state index is 0.293. The van der Waals surface area contributed by atoms with Crippen LogP contribution >= 0.6 is 0 Å². The number of nitrogens with zero attached hydrogens (tertiary/aromatic N) is 1. The van der Waals surface area contributed by atoms with E-state index >= 15 is 0 Å². The molecule has 26 heavy (non-hydrogen) atoms. The highest BCUT2D eigenvalue weighted by Gasteiger charge is 2.11. The van der Waals surface area contributed by atoms with E-state index in [1.165, 1.54) is 0 Å². The highest BCUT2D eigenvalue weighted by molar-refractivity contribution is 5.73. The number of hydrogen-bond donors (Lipinski definition) is 3. The van der Waals surface area contributed by atoms with Crippen LogP contribution in [0.4, 0.5) is 0 Å². The molecule has 136 valence electrons. The van der Waals surface area contributed by atoms with Gasteiger partial charge in [0.15, 0.2) is 5.58 Å². The molecule has 0 aliphatic rings. The van der Waals surface area contributed by atoms with Crippen molar-refractivity contribution in [2.45, 2.75) is 19.0 Å². The second kappa shape index (κ2) is 8.46. The Labute approximate surface area is 150 Å². The van der Waals surface area contributed by atoms with E-state index in [2.05, 4.69) is 10.3 Å². The molecule has 4 N–H and O–H groups in total. The van der Waals surface area contributed by atoms with Crippen LogP contribution in [0.5, 0.6) is 5.75 Å². The predicted molar refractivity (Wildman–Crippen MR) is 97.0 cm³/mol. The van der Waals surface area contributed by atoms with Gasteiger partial charge < -0.3 is 25.3 Å². The highest BCUT2D eigenvalue weighted by atomic mass is 16.5. The first-order valence-electron chi connectivity index (χ1n) is 8.37. The van der Waals surface area contributed by atoms with Crippen molar-refractivity contribution in [1.82, 2.24) is 10.3 Å². The minimum atomic E-state index is -1.00. The third kappa shape index (κ3) is 4.81. The van der Waals surface area contributed by atoms with Crippen molar-refractivity contribution in [2.24, 2.45) is 5.73 Å². The molecule has 0 bridgehead atoms. The zero-order valence-electron chi connectivity index (χ0n) is 14.2. The first-order valence-corrected chi connectivity index (χ1v) is 8.37. The second-order valence-electron chi connectivity index (χ2n) is 5.89. The normalized spacial score (nSPS) is 12.2. The molecule has 3 rings (SSSR count). The number of hydrogen-bond acceptors (Lipinski definition) is 6. The van der Waals surface area contributed by atoms with E-state index in [0.717, 1.165) is 22.4 Å². The Morgan fingerprint density at radius 2 is 2.00 bits per heavy atom. The van der Waals surface area contributed by atoms with Gasteiger partial charge in [-0.25, -0.2) is 4.98 Å². The molecule has 7 heteroatoms. The molecular weight excluding hydrogens is 334 g/mol. The van der Waals surface area contributed by atoms with E-state index in [1.807, 2.05) is 48.5 Å². The molecule has 1 aromatic heterocycles. The molecule has 1 atom stereocenters. The van der Waals surface area contributed by atoms with Crippen molar-refractivity contribution in [3.63, 3.8) is 0 Å². The topological polar surface area (TPSA) is 111 Å². The number of carboxylic acids is 1. The van der Waals surface area contributed by atoms with Crippen LogP contribution in [-0.4, -0.2) is 35.3 Å². The van der Waals surface area contributed by atoms with Gasteiger partial charge in [-0.1, -0.05) is 24.3 Å². The minimum Gasteiger partial charge on any atom is -0.492 e. The van der Waals surface area contributed by atoms with E-state index in [4.69, 9.17) is 20.0 Å². The first kappa shape index (κ1) is 17.9. The second-order valence-corrected chi connectivity index (χ2v) is 5.89. The SMILES string of the molecule is N[C@@H](Cc1ccc(OCCNCc2nc3ccccc3o2)cc1)C(=O)O. The van der Waals surface area contributed by atoms with Crippen molar-refractivity contribution in [1.29, 1.82) is 0 Å². The first-order chi connectivity index (χ1) is 12.6. The van der Waals surface area contributed by atoms with Crippen LogP contribution in [0.1, 0.15) is 11.5 Å². The van der Waals surface area contributed by atoms with E-state index < -0.39 is 12.0 Å². The number of nitrogens with one attached hydrogen (secondary N) is 1. The van der Waals surface area contributed by atoms with Crippen LogP contribution in [0.15, 0.2) is 52.9 Å². The van der Waals surface area contributed by atoms with Gasteiger partial charge in [0.2, 0.25) is 5.89 Å². The molecule has 0 spiro atoms. The van der Waals surface area contributed by atoms with Gasteiger partial charge in [-0.05, 0) is 36.2 Å². The van der Waals surface area contributed by atoms with Crippen molar-refractivity contribution >= 4 is 17.1 Å². The largest absolute Gasteiger partial charge is 0.492 e. The maximum absolute atomic E-state index is 10.8. The van der Waals surface area contributed by atoms with Crippen LogP contribution in [0.3, 0.4) is 0 Å². The average Bonchev–Trinajstić information content (AvgIpc) is 3.05. The fraction of sp³-hybridized carbons (Fsp3) is 0.263. The van der Waals surface area contributed by atoms with Crippen LogP contribution in [0, 0.1) is 0 Å². The van der Waals surface area contributed by atoms with E-state index in [-0.39, 0.29) is 0 Å². The summed E-state index contributed by atoms with van der Waals surface area (Å²) < 4.78 is 11.3. The zero-order valence-corrected chi connectivity index (χ0v) is 14.2. The smallest absolute Gasteiger partial charge is 0.320 e. The summed E-state index contributed by atoms with van der Waals surface area (Å²) in [5.41, 5.74) is 8.01. The van der Waals surface area contributed by atoms with Crippen molar-refractivity contribution in [3.05, 3.63) is 60.0 Å². The number of para-hydroxylation sites is 2. The summed E-state index contributed by atoms with van der Waals surface area (Å²) in [6.07, 6.45) is 0.293. The lowest BCUT2D eigenvalue weighted by Crippen LogP contribution is -2.32. The van der Waals surface area contributed by atoms with Gasteiger partial charge in [0, 0.05) is 6.54 Å². The molecular formula is C19H21N3O4. The summed E-state index contributed by atoms with van der Waals surface area (Å²) in [6, 6.07) is 14.0. The third-order valence-electron chi connectivity index (χ3n) is 3.86. The number of rotatable bonds is 9. The number of benzene rings is 2. The molecule has 0 saturated heterocycles. The molecule has 0 radical (unpaired) electrons. The van der Waals surface area contributed by atoms with Gasteiger partial charge in [-0.2, -0.15) is 0 Å². The summed E-state index contributed by atoms with van der Waals surface area (Å²) in [5.74, 6) is 0.363. The van der Waals surface area contributed by atoms with E-state index in [9.17, 15) is 4.79 Å². The molecule has 1 heterocycles. The molecule has 0 unspecified atom stereocenters. The van der Waals surface area contributed by atoms with E-state index in [0.29, 0.717) is 32.0 Å². The van der Waals surface area contributed by atoms with Crippen LogP contribution in [0.2, 0.25) is 0 Å². The number of carboxylic acid groups (broad SMARTS) is 1. The van der Waals surface area contributed by atoms with Gasteiger partial charge in [0.25, 0.3) is 0 Å². The van der Waals surface area contributed by atoms with Crippen molar-refractivity contribution < 1.29 is 19.1 Å². The molecule has 0 fully saturated rings. The monoisotopic (exact) mass is 355 g/mol. The number of aromatic nitrogens is 1. The quantitative estimate of drug-likeness (QED) is 0.503. The van der Waals surface area contributed by atoms with Crippen LogP contribution in [-0.2, 0) is 17.8 Å². The Kier molecular flexibility index (Phi) is 5.83. The maximum atomic E-state index is 10.8. The Morgan fingerprint density at radius 1 is 1.23 bits per heavy atom. The number of carbonyl (C=O) groups is 1. The number of aliphatic carboxylic acids is 1. The summed E-state index contributed by atoms with van der Waals surface area (Å²) in [7, 11) is 0.